The van der Waals surface area contributed by atoms with Gasteiger partial charge >= 0.3 is 0 Å². The van der Waals surface area contributed by atoms with E-state index >= 15 is 0 Å². The Morgan fingerprint density at radius 1 is 1.29 bits per heavy atom. The van der Waals surface area contributed by atoms with Crippen LogP contribution in [0, 0.1) is 12.3 Å². The number of anilines is 1. The topological polar surface area (TPSA) is 12.0 Å². The first-order valence-electron chi connectivity index (χ1n) is 4.78. The Morgan fingerprint density at radius 2 is 1.93 bits per heavy atom. The second kappa shape index (κ2) is 4.09. The summed E-state index contributed by atoms with van der Waals surface area (Å²) in [4.78, 5) is 0.878. The quantitative estimate of drug-likeness (QED) is 0.703. The predicted octanol–water partition coefficient (Wildman–Crippen LogP) is 3.78. The zero-order chi connectivity index (χ0) is 10.8. The van der Waals surface area contributed by atoms with Gasteiger partial charge in [0.05, 0.1) is 4.99 Å². The Balaban J connectivity index is 2.75. The van der Waals surface area contributed by atoms with E-state index in [1.165, 1.54) is 5.56 Å². The molecule has 0 fully saturated rings. The first kappa shape index (κ1) is 11.2. The fourth-order valence-electron chi connectivity index (χ4n) is 1.04. The van der Waals surface area contributed by atoms with E-state index < -0.39 is 0 Å². The summed E-state index contributed by atoms with van der Waals surface area (Å²) in [5.41, 5.74) is 2.34. The van der Waals surface area contributed by atoms with Crippen molar-refractivity contribution in [1.29, 1.82) is 0 Å². The summed E-state index contributed by atoms with van der Waals surface area (Å²) in [7, 11) is 0. The molecule has 0 amide bonds. The minimum atomic E-state index is 0.0269. The van der Waals surface area contributed by atoms with Crippen molar-refractivity contribution in [2.75, 3.05) is 5.32 Å². The van der Waals surface area contributed by atoms with Crippen molar-refractivity contribution in [2.45, 2.75) is 27.7 Å². The molecule has 1 aromatic rings. The molecule has 1 nitrogen and oxygen atoms in total. The minimum Gasteiger partial charge on any atom is -0.350 e. The largest absolute Gasteiger partial charge is 0.350 e. The molecule has 0 aromatic heterocycles. The van der Waals surface area contributed by atoms with Gasteiger partial charge in [0.25, 0.3) is 0 Å². The van der Waals surface area contributed by atoms with Crippen LogP contribution in [0.15, 0.2) is 24.3 Å². The van der Waals surface area contributed by atoms with E-state index in [1.807, 2.05) is 12.1 Å². The van der Waals surface area contributed by atoms with Crippen molar-refractivity contribution in [1.82, 2.24) is 0 Å². The van der Waals surface area contributed by atoms with Crippen LogP contribution in [0.4, 0.5) is 5.69 Å². The highest BCUT2D eigenvalue weighted by atomic mass is 32.1. The Kier molecular flexibility index (Phi) is 3.27. The van der Waals surface area contributed by atoms with Gasteiger partial charge in [0, 0.05) is 11.1 Å². The van der Waals surface area contributed by atoms with E-state index in [2.05, 4.69) is 45.1 Å². The summed E-state index contributed by atoms with van der Waals surface area (Å²) in [6, 6.07) is 8.23. The zero-order valence-electron chi connectivity index (χ0n) is 9.22. The maximum absolute atomic E-state index is 5.31. The van der Waals surface area contributed by atoms with Gasteiger partial charge in [-0.3, -0.25) is 0 Å². The molecule has 0 saturated heterocycles. The second-order valence-corrected chi connectivity index (χ2v) is 4.98. The van der Waals surface area contributed by atoms with E-state index in [-0.39, 0.29) is 5.41 Å². The monoisotopic (exact) mass is 207 g/mol. The molecule has 0 spiro atoms. The van der Waals surface area contributed by atoms with E-state index in [0.717, 1.165) is 10.7 Å². The van der Waals surface area contributed by atoms with Crippen molar-refractivity contribution >= 4 is 22.9 Å². The fraction of sp³-hybridized carbons (Fsp3) is 0.417. The Morgan fingerprint density at radius 3 is 2.43 bits per heavy atom. The molecule has 1 aromatic carbocycles. The van der Waals surface area contributed by atoms with Crippen molar-refractivity contribution in [3.05, 3.63) is 29.8 Å². The lowest BCUT2D eigenvalue weighted by Gasteiger charge is -2.21. The van der Waals surface area contributed by atoms with Gasteiger partial charge in [-0.2, -0.15) is 0 Å². The van der Waals surface area contributed by atoms with Gasteiger partial charge in [-0.15, -0.1) is 0 Å². The first-order valence-corrected chi connectivity index (χ1v) is 5.18. The SMILES string of the molecule is Cc1cccc(NC(=S)C(C)(C)C)c1. The van der Waals surface area contributed by atoms with Crippen molar-refractivity contribution in [3.63, 3.8) is 0 Å². The van der Waals surface area contributed by atoms with Gasteiger partial charge in [-0.05, 0) is 24.6 Å². The van der Waals surface area contributed by atoms with E-state index in [1.54, 1.807) is 0 Å². The van der Waals surface area contributed by atoms with Gasteiger partial charge in [0.15, 0.2) is 0 Å². The van der Waals surface area contributed by atoms with Crippen LogP contribution in [0.3, 0.4) is 0 Å². The number of benzene rings is 1. The molecular formula is C12H17NS. The van der Waals surface area contributed by atoms with E-state index in [4.69, 9.17) is 12.2 Å². The summed E-state index contributed by atoms with van der Waals surface area (Å²) in [6.45, 7) is 8.40. The minimum absolute atomic E-state index is 0.0269. The maximum Gasteiger partial charge on any atom is 0.0851 e. The van der Waals surface area contributed by atoms with Crippen LogP contribution in [0.25, 0.3) is 0 Å². The molecule has 0 unspecified atom stereocenters. The molecule has 2 heteroatoms. The Hall–Kier alpha value is -0.890. The Bertz CT molecular complexity index is 336. The zero-order valence-corrected chi connectivity index (χ0v) is 10.0. The van der Waals surface area contributed by atoms with Crippen LogP contribution in [-0.2, 0) is 0 Å². The van der Waals surface area contributed by atoms with Gasteiger partial charge in [-0.1, -0.05) is 45.1 Å². The third kappa shape index (κ3) is 3.11. The summed E-state index contributed by atoms with van der Waals surface area (Å²) < 4.78 is 0. The molecule has 0 radical (unpaired) electrons. The molecule has 14 heavy (non-hydrogen) atoms. The maximum atomic E-state index is 5.31. The number of hydrogen-bond donors (Lipinski definition) is 1. The third-order valence-corrected chi connectivity index (χ3v) is 2.67. The molecule has 0 heterocycles. The van der Waals surface area contributed by atoms with Crippen molar-refractivity contribution in [2.24, 2.45) is 5.41 Å². The number of aryl methyl sites for hydroxylation is 1. The molecule has 76 valence electrons. The Labute approximate surface area is 91.5 Å². The lowest BCUT2D eigenvalue weighted by molar-refractivity contribution is 0.600. The highest BCUT2D eigenvalue weighted by molar-refractivity contribution is 7.80. The molecule has 0 aliphatic heterocycles. The average Bonchev–Trinajstić information content (AvgIpc) is 2.02. The van der Waals surface area contributed by atoms with Crippen LogP contribution in [0.2, 0.25) is 0 Å². The number of thiocarbonyl (C=S) groups is 1. The van der Waals surface area contributed by atoms with Crippen LogP contribution in [0.1, 0.15) is 26.3 Å². The van der Waals surface area contributed by atoms with Gasteiger partial charge in [0.1, 0.15) is 0 Å². The fourth-order valence-corrected chi connectivity index (χ4v) is 1.16. The molecule has 0 aliphatic rings. The van der Waals surface area contributed by atoms with Crippen molar-refractivity contribution in [3.8, 4) is 0 Å². The third-order valence-electron chi connectivity index (χ3n) is 1.96. The summed E-state index contributed by atoms with van der Waals surface area (Å²) in [6.07, 6.45) is 0. The van der Waals surface area contributed by atoms with Crippen LogP contribution in [-0.4, -0.2) is 4.99 Å². The first-order chi connectivity index (χ1) is 6.39. The predicted molar refractivity (Wildman–Crippen MR) is 66.9 cm³/mol. The summed E-state index contributed by atoms with van der Waals surface area (Å²) in [5.74, 6) is 0. The van der Waals surface area contributed by atoms with Crippen molar-refractivity contribution < 1.29 is 0 Å². The standard InChI is InChI=1S/C12H17NS/c1-9-6-5-7-10(8-9)13-11(14)12(2,3)4/h5-8H,1-4H3,(H,13,14). The highest BCUT2D eigenvalue weighted by Crippen LogP contribution is 2.19. The van der Waals surface area contributed by atoms with Gasteiger partial charge in [0.2, 0.25) is 0 Å². The lowest BCUT2D eigenvalue weighted by atomic mass is 9.96. The summed E-state index contributed by atoms with van der Waals surface area (Å²) in [5, 5.41) is 3.25. The van der Waals surface area contributed by atoms with Crippen LogP contribution in [0.5, 0.6) is 0 Å². The van der Waals surface area contributed by atoms with Crippen LogP contribution < -0.4 is 5.32 Å². The highest BCUT2D eigenvalue weighted by Gasteiger charge is 2.16. The normalized spacial score (nSPS) is 11.1. The molecule has 1 rings (SSSR count). The van der Waals surface area contributed by atoms with E-state index in [0.29, 0.717) is 0 Å². The number of rotatable bonds is 1. The van der Waals surface area contributed by atoms with Gasteiger partial charge < -0.3 is 5.32 Å². The number of nitrogens with one attached hydrogen (secondary N) is 1. The summed E-state index contributed by atoms with van der Waals surface area (Å²) >= 11 is 5.31. The molecule has 0 atom stereocenters. The smallest absolute Gasteiger partial charge is 0.0851 e. The second-order valence-electron chi connectivity index (χ2n) is 4.57. The molecule has 0 saturated carbocycles. The lowest BCUT2D eigenvalue weighted by Crippen LogP contribution is -2.25. The molecular weight excluding hydrogens is 190 g/mol. The molecule has 0 aliphatic carbocycles. The molecule has 0 bridgehead atoms. The van der Waals surface area contributed by atoms with E-state index in [9.17, 15) is 0 Å². The average molecular weight is 207 g/mol. The molecule has 1 N–H and O–H groups in total. The van der Waals surface area contributed by atoms with Gasteiger partial charge in [-0.25, -0.2) is 0 Å². The van der Waals surface area contributed by atoms with Crippen LogP contribution >= 0.6 is 12.2 Å². The number of hydrogen-bond acceptors (Lipinski definition) is 1.